The molecule has 27 heavy (non-hydrogen) atoms. The molecule has 0 aliphatic rings. The van der Waals surface area contributed by atoms with Gasteiger partial charge in [-0.1, -0.05) is 55.4 Å². The van der Waals surface area contributed by atoms with Crippen molar-refractivity contribution in [3.63, 3.8) is 0 Å². The Morgan fingerprint density at radius 2 is 1.33 bits per heavy atom. The molecule has 162 valence electrons. The van der Waals surface area contributed by atoms with Crippen LogP contribution in [0.2, 0.25) is 36.3 Å². The van der Waals surface area contributed by atoms with Gasteiger partial charge in [-0.15, -0.1) is 0 Å². The van der Waals surface area contributed by atoms with E-state index < -0.39 is 16.6 Å². The Morgan fingerprint density at radius 1 is 0.852 bits per heavy atom. The van der Waals surface area contributed by atoms with Gasteiger partial charge in [0.25, 0.3) is 0 Å². The second kappa shape index (κ2) is 10.2. The van der Waals surface area contributed by atoms with E-state index in [1.165, 1.54) is 0 Å². The summed E-state index contributed by atoms with van der Waals surface area (Å²) in [5.74, 6) is 0.582. The number of aldehydes is 1. The molecule has 0 N–H and O–H groups in total. The fraction of sp³-hybridized carbons (Fsp3) is 0.955. The number of carbonyl (C=O) groups excluding carboxylic acids is 1. The fourth-order valence-corrected chi connectivity index (χ4v) is 5.00. The summed E-state index contributed by atoms with van der Waals surface area (Å²) in [6.45, 7) is 28.0. The van der Waals surface area contributed by atoms with Gasteiger partial charge in [-0.2, -0.15) is 0 Å². The van der Waals surface area contributed by atoms with Gasteiger partial charge in [-0.3, -0.25) is 0 Å². The van der Waals surface area contributed by atoms with Gasteiger partial charge in [-0.05, 0) is 61.4 Å². The highest BCUT2D eigenvalue weighted by atomic mass is 28.4. The molecule has 0 saturated carbocycles. The minimum Gasteiger partial charge on any atom is -0.417 e. The van der Waals surface area contributed by atoms with Crippen molar-refractivity contribution >= 4 is 22.9 Å². The molecule has 3 nitrogen and oxygen atoms in total. The van der Waals surface area contributed by atoms with Gasteiger partial charge in [0.2, 0.25) is 0 Å². The van der Waals surface area contributed by atoms with Crippen molar-refractivity contribution in [3.8, 4) is 0 Å². The summed E-state index contributed by atoms with van der Waals surface area (Å²) >= 11 is 0. The standard InChI is InChI=1S/C22H48O3Si2/c1-18(13-14-24-26(9,10)21(3,4)5)15-20(16-19(2)17-23)25-27(11,12)22(6,7)8/h17-20H,13-16H2,1-12H3/t18-,19-,20-/m0/s1. The van der Waals surface area contributed by atoms with Crippen LogP contribution in [0.25, 0.3) is 0 Å². The summed E-state index contributed by atoms with van der Waals surface area (Å²) < 4.78 is 13.0. The normalized spacial score (nSPS) is 17.5. The monoisotopic (exact) mass is 416 g/mol. The van der Waals surface area contributed by atoms with E-state index in [0.29, 0.717) is 5.92 Å². The Balaban J connectivity index is 4.85. The molecule has 0 rings (SSSR count). The molecule has 0 spiro atoms. The van der Waals surface area contributed by atoms with Gasteiger partial charge in [0, 0.05) is 18.6 Å². The molecule has 0 aromatic heterocycles. The molecule has 0 aromatic carbocycles. The molecule has 3 atom stereocenters. The van der Waals surface area contributed by atoms with E-state index in [-0.39, 0.29) is 22.1 Å². The first-order chi connectivity index (χ1) is 11.9. The molecule has 0 unspecified atom stereocenters. The number of rotatable bonds is 11. The molecule has 0 amide bonds. The Kier molecular flexibility index (Phi) is 10.2. The SMILES string of the molecule is C[C@@H](CCO[Si](C)(C)C(C)(C)C)C[C@@H](C[C@H](C)C=O)O[Si](C)(C)C(C)(C)C. The first-order valence-electron chi connectivity index (χ1n) is 10.7. The molecular weight excluding hydrogens is 368 g/mol. The largest absolute Gasteiger partial charge is 0.417 e. The minimum absolute atomic E-state index is 0.0513. The maximum absolute atomic E-state index is 11.2. The van der Waals surface area contributed by atoms with Crippen LogP contribution < -0.4 is 0 Å². The number of hydrogen-bond acceptors (Lipinski definition) is 3. The Labute approximate surface area is 172 Å². The van der Waals surface area contributed by atoms with Crippen LogP contribution in [0.4, 0.5) is 0 Å². The van der Waals surface area contributed by atoms with Crippen LogP contribution in [0.1, 0.15) is 74.7 Å². The zero-order valence-electron chi connectivity index (χ0n) is 20.4. The van der Waals surface area contributed by atoms with Gasteiger partial charge in [0.1, 0.15) is 6.29 Å². The summed E-state index contributed by atoms with van der Waals surface area (Å²) in [5.41, 5.74) is 0. The van der Waals surface area contributed by atoms with Crippen molar-refractivity contribution in [3.05, 3.63) is 0 Å². The van der Waals surface area contributed by atoms with E-state index in [1.807, 2.05) is 6.92 Å². The van der Waals surface area contributed by atoms with Crippen molar-refractivity contribution in [2.75, 3.05) is 6.61 Å². The Bertz CT molecular complexity index is 447. The molecule has 5 heteroatoms. The third-order valence-corrected chi connectivity index (χ3v) is 15.8. The van der Waals surface area contributed by atoms with Crippen molar-refractivity contribution in [2.24, 2.45) is 11.8 Å². The molecular formula is C22H48O3Si2. The van der Waals surface area contributed by atoms with Gasteiger partial charge in [-0.25, -0.2) is 0 Å². The van der Waals surface area contributed by atoms with Crippen molar-refractivity contribution in [2.45, 2.75) is 117 Å². The summed E-state index contributed by atoms with van der Waals surface area (Å²) in [6.07, 6.45) is 4.11. The molecule has 0 aromatic rings. The van der Waals surface area contributed by atoms with E-state index in [4.69, 9.17) is 8.85 Å². The topological polar surface area (TPSA) is 35.5 Å². The summed E-state index contributed by atoms with van der Waals surface area (Å²) in [4.78, 5) is 11.2. The maximum Gasteiger partial charge on any atom is 0.192 e. The first-order valence-corrected chi connectivity index (χ1v) is 16.5. The third-order valence-electron chi connectivity index (χ3n) is 6.68. The van der Waals surface area contributed by atoms with Crippen molar-refractivity contribution in [1.29, 1.82) is 0 Å². The van der Waals surface area contributed by atoms with Crippen LogP contribution >= 0.6 is 0 Å². The summed E-state index contributed by atoms with van der Waals surface area (Å²) in [7, 11) is -3.52. The third kappa shape index (κ3) is 9.38. The summed E-state index contributed by atoms with van der Waals surface area (Å²) in [5, 5.41) is 0.438. The molecule has 0 fully saturated rings. The van der Waals surface area contributed by atoms with Gasteiger partial charge < -0.3 is 13.6 Å². The van der Waals surface area contributed by atoms with Crippen LogP contribution in [0.3, 0.4) is 0 Å². The van der Waals surface area contributed by atoms with E-state index >= 15 is 0 Å². The lowest BCUT2D eigenvalue weighted by Crippen LogP contribution is -2.44. The van der Waals surface area contributed by atoms with Crippen LogP contribution in [0, 0.1) is 11.8 Å². The first kappa shape index (κ1) is 27.0. The molecule has 0 radical (unpaired) electrons. The lowest BCUT2D eigenvalue weighted by molar-refractivity contribution is -0.111. The lowest BCUT2D eigenvalue weighted by Gasteiger charge is -2.40. The predicted molar refractivity (Wildman–Crippen MR) is 123 cm³/mol. The Hall–Kier alpha value is 0.0238. The van der Waals surface area contributed by atoms with Crippen molar-refractivity contribution in [1.82, 2.24) is 0 Å². The molecule has 0 saturated heterocycles. The zero-order chi connectivity index (χ0) is 21.7. The van der Waals surface area contributed by atoms with Crippen LogP contribution in [-0.2, 0) is 13.6 Å². The number of hydrogen-bond donors (Lipinski definition) is 0. The second-order valence-corrected chi connectivity index (χ2v) is 21.2. The molecule has 0 aliphatic carbocycles. The summed E-state index contributed by atoms with van der Waals surface area (Å²) in [6, 6.07) is 0. The molecule has 0 heterocycles. The van der Waals surface area contributed by atoms with E-state index in [0.717, 1.165) is 32.2 Å². The molecule has 0 bridgehead atoms. The zero-order valence-corrected chi connectivity index (χ0v) is 22.4. The van der Waals surface area contributed by atoms with Crippen molar-refractivity contribution < 1.29 is 13.6 Å². The van der Waals surface area contributed by atoms with Crippen LogP contribution in [0.5, 0.6) is 0 Å². The molecule has 0 aliphatic heterocycles. The predicted octanol–water partition coefficient (Wildman–Crippen LogP) is 7.04. The maximum atomic E-state index is 11.2. The lowest BCUT2D eigenvalue weighted by atomic mass is 9.95. The second-order valence-electron chi connectivity index (χ2n) is 11.6. The van der Waals surface area contributed by atoms with E-state index in [1.54, 1.807) is 0 Å². The Morgan fingerprint density at radius 3 is 1.74 bits per heavy atom. The number of carbonyl (C=O) groups is 1. The highest BCUT2D eigenvalue weighted by Crippen LogP contribution is 2.39. The van der Waals surface area contributed by atoms with Crippen LogP contribution in [0.15, 0.2) is 0 Å². The van der Waals surface area contributed by atoms with Gasteiger partial charge >= 0.3 is 0 Å². The minimum atomic E-state index is -1.84. The van der Waals surface area contributed by atoms with E-state index in [9.17, 15) is 4.79 Å². The van der Waals surface area contributed by atoms with Crippen LogP contribution in [-0.4, -0.2) is 35.6 Å². The highest BCUT2D eigenvalue weighted by Gasteiger charge is 2.40. The average Bonchev–Trinajstić information content (AvgIpc) is 2.43. The fourth-order valence-electron chi connectivity index (χ4n) is 2.55. The highest BCUT2D eigenvalue weighted by molar-refractivity contribution is 6.74. The average molecular weight is 417 g/mol. The van der Waals surface area contributed by atoms with E-state index in [2.05, 4.69) is 74.7 Å². The van der Waals surface area contributed by atoms with Gasteiger partial charge in [0.05, 0.1) is 0 Å². The van der Waals surface area contributed by atoms with Gasteiger partial charge in [0.15, 0.2) is 16.6 Å². The quantitative estimate of drug-likeness (QED) is 0.267. The smallest absolute Gasteiger partial charge is 0.192 e.